The average molecular weight is 347 g/mol. The summed E-state index contributed by atoms with van der Waals surface area (Å²) in [5, 5.41) is 2.09. The summed E-state index contributed by atoms with van der Waals surface area (Å²) in [6.45, 7) is 4.45. The highest BCUT2D eigenvalue weighted by molar-refractivity contribution is 7.09. The third-order valence-electron chi connectivity index (χ3n) is 3.84. The number of esters is 1. The van der Waals surface area contributed by atoms with Gasteiger partial charge in [-0.1, -0.05) is 25.1 Å². The second-order valence-electron chi connectivity index (χ2n) is 5.92. The maximum absolute atomic E-state index is 11.6. The number of hydrogen-bond donors (Lipinski definition) is 1. The summed E-state index contributed by atoms with van der Waals surface area (Å²) in [7, 11) is 0. The molecule has 2 N–H and O–H groups in total. The molecule has 0 saturated carbocycles. The lowest BCUT2D eigenvalue weighted by Crippen LogP contribution is -2.32. The largest absolute Gasteiger partial charge is 0.493 e. The average Bonchev–Trinajstić information content (AvgIpc) is 3.08. The highest BCUT2D eigenvalue weighted by atomic mass is 32.1. The standard InChI is InChI=1S/C19H25NO3S/c1-14(15(2)20)19(21)23-11-4-10-22-17-8-6-16(7-9-17)13-18-5-3-12-24-18/h3,5-9,12,14-15H,4,10-11,13,20H2,1-2H3. The normalized spacial score (nSPS) is 13.3. The fourth-order valence-corrected chi connectivity index (χ4v) is 2.82. The minimum Gasteiger partial charge on any atom is -0.493 e. The van der Waals surface area contributed by atoms with Crippen LogP contribution in [0.4, 0.5) is 0 Å². The smallest absolute Gasteiger partial charge is 0.310 e. The molecule has 1 aromatic carbocycles. The van der Waals surface area contributed by atoms with E-state index in [9.17, 15) is 4.79 Å². The lowest BCUT2D eigenvalue weighted by molar-refractivity contribution is -0.148. The number of carbonyl (C=O) groups excluding carboxylic acids is 1. The lowest BCUT2D eigenvalue weighted by atomic mass is 10.1. The van der Waals surface area contributed by atoms with Crippen LogP contribution in [0.1, 0.15) is 30.7 Å². The van der Waals surface area contributed by atoms with E-state index in [0.717, 1.165) is 12.2 Å². The number of nitrogens with two attached hydrogens (primary N) is 1. The van der Waals surface area contributed by atoms with Gasteiger partial charge in [-0.05, 0) is 36.1 Å². The van der Waals surface area contributed by atoms with E-state index in [0.29, 0.717) is 19.6 Å². The summed E-state index contributed by atoms with van der Waals surface area (Å²) in [6, 6.07) is 12.1. The molecule has 5 heteroatoms. The number of rotatable bonds is 9. The second kappa shape index (κ2) is 9.45. The van der Waals surface area contributed by atoms with Crippen LogP contribution < -0.4 is 10.5 Å². The number of ether oxygens (including phenoxy) is 2. The van der Waals surface area contributed by atoms with Crippen LogP contribution in [-0.4, -0.2) is 25.2 Å². The first-order valence-electron chi connectivity index (χ1n) is 8.22. The number of hydrogen-bond acceptors (Lipinski definition) is 5. The molecule has 0 aliphatic rings. The fraction of sp³-hybridized carbons (Fsp3) is 0.421. The minimum absolute atomic E-state index is 0.193. The minimum atomic E-state index is -0.276. The molecule has 2 unspecified atom stereocenters. The molecule has 0 spiro atoms. The van der Waals surface area contributed by atoms with Crippen molar-refractivity contribution in [2.24, 2.45) is 11.7 Å². The van der Waals surface area contributed by atoms with Crippen molar-refractivity contribution in [1.82, 2.24) is 0 Å². The van der Waals surface area contributed by atoms with Gasteiger partial charge in [-0.3, -0.25) is 4.79 Å². The van der Waals surface area contributed by atoms with Gasteiger partial charge in [-0.15, -0.1) is 11.3 Å². The zero-order valence-electron chi connectivity index (χ0n) is 14.2. The van der Waals surface area contributed by atoms with Gasteiger partial charge in [0.05, 0.1) is 19.1 Å². The molecule has 4 nitrogen and oxygen atoms in total. The first-order chi connectivity index (χ1) is 11.6. The van der Waals surface area contributed by atoms with Crippen molar-refractivity contribution in [3.63, 3.8) is 0 Å². The van der Waals surface area contributed by atoms with Gasteiger partial charge in [-0.25, -0.2) is 0 Å². The summed E-state index contributed by atoms with van der Waals surface area (Å²) in [5.41, 5.74) is 6.94. The third-order valence-corrected chi connectivity index (χ3v) is 4.72. The maximum atomic E-state index is 11.6. The van der Waals surface area contributed by atoms with Crippen molar-refractivity contribution >= 4 is 17.3 Å². The molecule has 1 aromatic heterocycles. The molecule has 1 heterocycles. The van der Waals surface area contributed by atoms with Crippen molar-refractivity contribution in [2.75, 3.05) is 13.2 Å². The van der Waals surface area contributed by atoms with Crippen molar-refractivity contribution < 1.29 is 14.3 Å². The van der Waals surface area contributed by atoms with Crippen molar-refractivity contribution in [2.45, 2.75) is 32.7 Å². The van der Waals surface area contributed by atoms with E-state index in [-0.39, 0.29) is 17.9 Å². The highest BCUT2D eigenvalue weighted by Gasteiger charge is 2.18. The molecular weight excluding hydrogens is 322 g/mol. The zero-order valence-corrected chi connectivity index (χ0v) is 15.1. The Bertz CT molecular complexity index is 608. The van der Waals surface area contributed by atoms with Crippen molar-refractivity contribution in [3.8, 4) is 5.75 Å². The van der Waals surface area contributed by atoms with E-state index in [1.165, 1.54) is 10.4 Å². The van der Waals surface area contributed by atoms with Gasteiger partial charge in [-0.2, -0.15) is 0 Å². The highest BCUT2D eigenvalue weighted by Crippen LogP contribution is 2.18. The third kappa shape index (κ3) is 5.98. The molecule has 0 bridgehead atoms. The first-order valence-corrected chi connectivity index (χ1v) is 9.10. The second-order valence-corrected chi connectivity index (χ2v) is 6.95. The van der Waals surface area contributed by atoms with Gasteiger partial charge in [0.25, 0.3) is 0 Å². The summed E-state index contributed by atoms with van der Waals surface area (Å²) in [4.78, 5) is 13.0. The van der Waals surface area contributed by atoms with E-state index in [2.05, 4.69) is 29.6 Å². The molecule has 130 valence electrons. The molecule has 0 aliphatic heterocycles. The quantitative estimate of drug-likeness (QED) is 0.556. The molecule has 2 aromatic rings. The Kier molecular flexibility index (Phi) is 7.28. The zero-order chi connectivity index (χ0) is 17.4. The van der Waals surface area contributed by atoms with Crippen LogP contribution in [0.3, 0.4) is 0 Å². The van der Waals surface area contributed by atoms with E-state index in [4.69, 9.17) is 15.2 Å². The summed E-state index contributed by atoms with van der Waals surface area (Å²) >= 11 is 1.77. The molecule has 0 radical (unpaired) electrons. The van der Waals surface area contributed by atoms with Crippen LogP contribution in [0.15, 0.2) is 41.8 Å². The van der Waals surface area contributed by atoms with E-state index in [1.807, 2.05) is 12.1 Å². The number of carbonyl (C=O) groups is 1. The first kappa shape index (κ1) is 18.5. The molecule has 2 atom stereocenters. The van der Waals surface area contributed by atoms with Crippen LogP contribution in [0, 0.1) is 5.92 Å². The molecule has 0 fully saturated rings. The predicted molar refractivity (Wildman–Crippen MR) is 97.5 cm³/mol. The Labute approximate surface area is 147 Å². The molecule has 24 heavy (non-hydrogen) atoms. The molecule has 0 saturated heterocycles. The van der Waals surface area contributed by atoms with Crippen LogP contribution in [0.2, 0.25) is 0 Å². The molecule has 2 rings (SSSR count). The lowest BCUT2D eigenvalue weighted by Gasteiger charge is -2.14. The number of thiophene rings is 1. The Morgan fingerprint density at radius 2 is 1.92 bits per heavy atom. The van der Waals surface area contributed by atoms with E-state index < -0.39 is 0 Å². The topological polar surface area (TPSA) is 61.6 Å². The summed E-state index contributed by atoms with van der Waals surface area (Å²) in [6.07, 6.45) is 1.61. The maximum Gasteiger partial charge on any atom is 0.310 e. The Morgan fingerprint density at radius 1 is 1.17 bits per heavy atom. The van der Waals surface area contributed by atoms with Crippen LogP contribution in [0.5, 0.6) is 5.75 Å². The van der Waals surface area contributed by atoms with Crippen LogP contribution >= 0.6 is 11.3 Å². The number of benzene rings is 1. The van der Waals surface area contributed by atoms with Crippen molar-refractivity contribution in [3.05, 3.63) is 52.2 Å². The van der Waals surface area contributed by atoms with Crippen LogP contribution in [0.25, 0.3) is 0 Å². The van der Waals surface area contributed by atoms with E-state index in [1.54, 1.807) is 25.2 Å². The monoisotopic (exact) mass is 347 g/mol. The fourth-order valence-electron chi connectivity index (χ4n) is 2.09. The Morgan fingerprint density at radius 3 is 2.54 bits per heavy atom. The van der Waals surface area contributed by atoms with Gasteiger partial charge in [0.1, 0.15) is 5.75 Å². The molecular formula is C19H25NO3S. The van der Waals surface area contributed by atoms with E-state index >= 15 is 0 Å². The van der Waals surface area contributed by atoms with Crippen LogP contribution in [-0.2, 0) is 16.0 Å². The van der Waals surface area contributed by atoms with Gasteiger partial charge < -0.3 is 15.2 Å². The summed E-state index contributed by atoms with van der Waals surface area (Å²) in [5.74, 6) is 0.310. The van der Waals surface area contributed by atoms with Gasteiger partial charge in [0.15, 0.2) is 0 Å². The Hall–Kier alpha value is -1.85. The van der Waals surface area contributed by atoms with Gasteiger partial charge in [0, 0.05) is 23.8 Å². The van der Waals surface area contributed by atoms with Gasteiger partial charge >= 0.3 is 5.97 Å². The predicted octanol–water partition coefficient (Wildman–Crippen LogP) is 3.63. The molecule has 0 amide bonds. The van der Waals surface area contributed by atoms with Gasteiger partial charge in [0.2, 0.25) is 0 Å². The summed E-state index contributed by atoms with van der Waals surface area (Å²) < 4.78 is 10.9. The Balaban J connectivity index is 1.65. The SMILES string of the molecule is CC(N)C(C)C(=O)OCCCOc1ccc(Cc2cccs2)cc1. The van der Waals surface area contributed by atoms with Crippen molar-refractivity contribution in [1.29, 1.82) is 0 Å². The molecule has 0 aliphatic carbocycles.